The second-order valence-corrected chi connectivity index (χ2v) is 5.78. The van der Waals surface area contributed by atoms with Gasteiger partial charge in [0.2, 0.25) is 5.76 Å². The molecular weight excluding hydrogens is 310 g/mol. The molecule has 1 amide bonds. The van der Waals surface area contributed by atoms with Gasteiger partial charge in [-0.05, 0) is 42.7 Å². The Labute approximate surface area is 140 Å². The average Bonchev–Trinajstić information content (AvgIpc) is 3.02. The second-order valence-electron chi connectivity index (χ2n) is 5.78. The number of carboxylic acids is 1. The van der Waals surface area contributed by atoms with Crippen molar-refractivity contribution >= 4 is 11.9 Å². The Hall–Kier alpha value is -2.76. The summed E-state index contributed by atoms with van der Waals surface area (Å²) in [4.78, 5) is 22.8. The van der Waals surface area contributed by atoms with Crippen molar-refractivity contribution < 1.29 is 23.8 Å². The first-order valence-electron chi connectivity index (χ1n) is 7.73. The van der Waals surface area contributed by atoms with E-state index < -0.39 is 12.1 Å². The highest BCUT2D eigenvalue weighted by atomic mass is 16.5. The molecule has 0 radical (unpaired) electrons. The molecule has 24 heavy (non-hydrogen) atoms. The molecule has 0 bridgehead atoms. The van der Waals surface area contributed by atoms with Gasteiger partial charge in [0, 0.05) is 0 Å². The molecule has 1 atom stereocenters. The van der Waals surface area contributed by atoms with Gasteiger partial charge < -0.3 is 19.6 Å². The second kappa shape index (κ2) is 7.68. The van der Waals surface area contributed by atoms with E-state index in [4.69, 9.17) is 14.3 Å². The maximum Gasteiger partial charge on any atom is 0.371 e. The highest BCUT2D eigenvalue weighted by Gasteiger charge is 2.16. The van der Waals surface area contributed by atoms with Crippen molar-refractivity contribution in [3.05, 3.63) is 53.5 Å². The highest BCUT2D eigenvalue weighted by Crippen LogP contribution is 2.21. The van der Waals surface area contributed by atoms with Gasteiger partial charge in [0.05, 0.1) is 6.54 Å². The fourth-order valence-electron chi connectivity index (χ4n) is 2.11. The molecule has 1 unspecified atom stereocenters. The Morgan fingerprint density at radius 3 is 2.58 bits per heavy atom. The lowest BCUT2D eigenvalue weighted by Gasteiger charge is -2.15. The molecule has 128 valence electrons. The summed E-state index contributed by atoms with van der Waals surface area (Å²) >= 11 is 0. The van der Waals surface area contributed by atoms with Crippen LogP contribution in [0.15, 0.2) is 40.8 Å². The van der Waals surface area contributed by atoms with Crippen molar-refractivity contribution in [1.82, 2.24) is 5.32 Å². The molecular formula is C18H21NO5. The van der Waals surface area contributed by atoms with E-state index in [2.05, 4.69) is 19.2 Å². The molecule has 6 nitrogen and oxygen atoms in total. The SMILES string of the molecule is CC(Oc1cccc(C(C)C)c1)C(=O)NCc1ccc(C(=O)O)o1. The molecule has 2 aromatic rings. The molecule has 2 N–H and O–H groups in total. The van der Waals surface area contributed by atoms with E-state index in [1.54, 1.807) is 13.0 Å². The lowest BCUT2D eigenvalue weighted by molar-refractivity contribution is -0.127. The van der Waals surface area contributed by atoms with E-state index in [0.717, 1.165) is 5.56 Å². The van der Waals surface area contributed by atoms with Crippen LogP contribution in [0.3, 0.4) is 0 Å². The summed E-state index contributed by atoms with van der Waals surface area (Å²) in [6.07, 6.45) is -0.679. The molecule has 0 spiro atoms. The molecule has 0 saturated heterocycles. The topological polar surface area (TPSA) is 88.8 Å². The third-order valence-corrected chi connectivity index (χ3v) is 3.52. The van der Waals surface area contributed by atoms with Crippen molar-refractivity contribution in [2.45, 2.75) is 39.3 Å². The first-order chi connectivity index (χ1) is 11.4. The van der Waals surface area contributed by atoms with E-state index in [1.807, 2.05) is 18.2 Å². The summed E-state index contributed by atoms with van der Waals surface area (Å²) < 4.78 is 10.7. The number of carbonyl (C=O) groups excluding carboxylic acids is 1. The lowest BCUT2D eigenvalue weighted by atomic mass is 10.0. The lowest BCUT2D eigenvalue weighted by Crippen LogP contribution is -2.35. The third kappa shape index (κ3) is 4.62. The third-order valence-electron chi connectivity index (χ3n) is 3.52. The van der Waals surface area contributed by atoms with E-state index in [1.165, 1.54) is 12.1 Å². The smallest absolute Gasteiger partial charge is 0.371 e. The van der Waals surface area contributed by atoms with Crippen molar-refractivity contribution in [1.29, 1.82) is 0 Å². The Morgan fingerprint density at radius 2 is 1.96 bits per heavy atom. The first kappa shape index (κ1) is 17.6. The van der Waals surface area contributed by atoms with Crippen LogP contribution in [0, 0.1) is 0 Å². The minimum atomic E-state index is -1.14. The van der Waals surface area contributed by atoms with Gasteiger partial charge in [0.15, 0.2) is 6.10 Å². The number of carbonyl (C=O) groups is 2. The number of nitrogens with one attached hydrogen (secondary N) is 1. The average molecular weight is 331 g/mol. The zero-order valence-electron chi connectivity index (χ0n) is 13.9. The molecule has 2 rings (SSSR count). The maximum absolute atomic E-state index is 12.1. The van der Waals surface area contributed by atoms with Crippen molar-refractivity contribution in [2.24, 2.45) is 0 Å². The molecule has 0 fully saturated rings. The summed E-state index contributed by atoms with van der Waals surface area (Å²) in [6, 6.07) is 10.5. The fourth-order valence-corrected chi connectivity index (χ4v) is 2.11. The summed E-state index contributed by atoms with van der Waals surface area (Å²) in [6.45, 7) is 5.93. The van der Waals surface area contributed by atoms with Crippen LogP contribution in [0.4, 0.5) is 0 Å². The van der Waals surface area contributed by atoms with Gasteiger partial charge in [0.25, 0.3) is 5.91 Å². The van der Waals surface area contributed by atoms with E-state index >= 15 is 0 Å². The quantitative estimate of drug-likeness (QED) is 0.813. The Morgan fingerprint density at radius 1 is 1.21 bits per heavy atom. The van der Waals surface area contributed by atoms with Crippen LogP contribution in [-0.2, 0) is 11.3 Å². The maximum atomic E-state index is 12.1. The van der Waals surface area contributed by atoms with Gasteiger partial charge in [-0.3, -0.25) is 4.79 Å². The minimum absolute atomic E-state index is 0.103. The van der Waals surface area contributed by atoms with Crippen LogP contribution < -0.4 is 10.1 Å². The zero-order valence-corrected chi connectivity index (χ0v) is 13.9. The minimum Gasteiger partial charge on any atom is -0.481 e. The number of rotatable bonds is 7. The molecule has 1 aromatic carbocycles. The molecule has 0 aliphatic heterocycles. The van der Waals surface area contributed by atoms with Crippen molar-refractivity contribution in [3.8, 4) is 5.75 Å². The van der Waals surface area contributed by atoms with Crippen LogP contribution >= 0.6 is 0 Å². The normalized spacial score (nSPS) is 12.0. The van der Waals surface area contributed by atoms with E-state index in [0.29, 0.717) is 17.4 Å². The molecule has 0 saturated carbocycles. The van der Waals surface area contributed by atoms with Gasteiger partial charge in [-0.15, -0.1) is 0 Å². The summed E-state index contributed by atoms with van der Waals surface area (Å²) in [5.41, 5.74) is 1.14. The van der Waals surface area contributed by atoms with Crippen molar-refractivity contribution in [2.75, 3.05) is 0 Å². The number of hydrogen-bond donors (Lipinski definition) is 2. The van der Waals surface area contributed by atoms with E-state index in [9.17, 15) is 9.59 Å². The largest absolute Gasteiger partial charge is 0.481 e. The highest BCUT2D eigenvalue weighted by molar-refractivity contribution is 5.84. The number of aromatic carboxylic acids is 1. The Kier molecular flexibility index (Phi) is 5.63. The zero-order chi connectivity index (χ0) is 17.7. The summed E-state index contributed by atoms with van der Waals surface area (Å²) in [7, 11) is 0. The van der Waals surface area contributed by atoms with Gasteiger partial charge in [-0.2, -0.15) is 0 Å². The van der Waals surface area contributed by atoms with Crippen LogP contribution in [0.5, 0.6) is 5.75 Å². The number of ether oxygens (including phenoxy) is 1. The standard InChI is InChI=1S/C18H21NO5/c1-11(2)13-5-4-6-14(9-13)23-12(3)17(20)19-10-15-7-8-16(24-15)18(21)22/h4-9,11-12H,10H2,1-3H3,(H,19,20)(H,21,22). The number of furan rings is 1. The fraction of sp³-hybridized carbons (Fsp3) is 0.333. The number of hydrogen-bond acceptors (Lipinski definition) is 4. The molecule has 0 aliphatic carbocycles. The van der Waals surface area contributed by atoms with Crippen LogP contribution in [-0.4, -0.2) is 23.1 Å². The number of amides is 1. The van der Waals surface area contributed by atoms with Gasteiger partial charge in [-0.1, -0.05) is 26.0 Å². The molecule has 1 heterocycles. The Bertz CT molecular complexity index is 720. The van der Waals surface area contributed by atoms with Crippen LogP contribution in [0.25, 0.3) is 0 Å². The first-order valence-corrected chi connectivity index (χ1v) is 7.73. The number of benzene rings is 1. The predicted molar refractivity (Wildman–Crippen MR) is 88.1 cm³/mol. The summed E-state index contributed by atoms with van der Waals surface area (Å²) in [5.74, 6) is -0.230. The number of carboxylic acid groups (broad SMARTS) is 1. The van der Waals surface area contributed by atoms with Crippen molar-refractivity contribution in [3.63, 3.8) is 0 Å². The summed E-state index contributed by atoms with van der Waals surface area (Å²) in [5, 5.41) is 11.4. The van der Waals surface area contributed by atoms with Gasteiger partial charge in [0.1, 0.15) is 11.5 Å². The molecule has 6 heteroatoms. The van der Waals surface area contributed by atoms with Gasteiger partial charge in [-0.25, -0.2) is 4.79 Å². The van der Waals surface area contributed by atoms with E-state index in [-0.39, 0.29) is 18.2 Å². The molecule has 1 aromatic heterocycles. The molecule has 0 aliphatic rings. The van der Waals surface area contributed by atoms with Crippen LogP contribution in [0.1, 0.15) is 48.6 Å². The van der Waals surface area contributed by atoms with Crippen LogP contribution in [0.2, 0.25) is 0 Å². The Balaban J connectivity index is 1.89. The predicted octanol–water partition coefficient (Wildman–Crippen LogP) is 3.18. The van der Waals surface area contributed by atoms with Gasteiger partial charge >= 0.3 is 5.97 Å². The monoisotopic (exact) mass is 331 g/mol.